The number of likely N-dealkylation sites (tertiary alicyclic amines) is 1. The molecule has 0 unspecified atom stereocenters. The predicted octanol–water partition coefficient (Wildman–Crippen LogP) is 3.48. The number of hydrogen-bond acceptors (Lipinski definition) is 5. The molecule has 0 spiro atoms. The molecular formula is C26H24N2O5. The zero-order valence-corrected chi connectivity index (χ0v) is 18.1. The van der Waals surface area contributed by atoms with Crippen LogP contribution in [0.15, 0.2) is 60.7 Å². The molecule has 5 aliphatic rings. The summed E-state index contributed by atoms with van der Waals surface area (Å²) in [6.07, 6.45) is 5.38. The van der Waals surface area contributed by atoms with Crippen molar-refractivity contribution in [2.24, 2.45) is 35.5 Å². The van der Waals surface area contributed by atoms with Crippen LogP contribution in [0.2, 0.25) is 0 Å². The Balaban J connectivity index is 1.08. The van der Waals surface area contributed by atoms with Crippen LogP contribution >= 0.6 is 0 Å². The minimum atomic E-state index is -0.385. The van der Waals surface area contributed by atoms with Crippen molar-refractivity contribution in [1.29, 1.82) is 0 Å². The molecule has 1 heterocycles. The van der Waals surface area contributed by atoms with Crippen LogP contribution in [0.3, 0.4) is 0 Å². The quantitative estimate of drug-likeness (QED) is 0.545. The van der Waals surface area contributed by atoms with Crippen LogP contribution < -0.4 is 14.8 Å². The number of rotatable bonds is 6. The minimum Gasteiger partial charge on any atom is -0.497 e. The molecule has 2 saturated carbocycles. The molecule has 0 radical (unpaired) electrons. The third-order valence-corrected chi connectivity index (χ3v) is 7.49. The highest BCUT2D eigenvalue weighted by molar-refractivity contribution is 6.09. The fourth-order valence-electron chi connectivity index (χ4n) is 5.90. The number of amides is 3. The second-order valence-corrected chi connectivity index (χ2v) is 9.27. The van der Waals surface area contributed by atoms with Gasteiger partial charge < -0.3 is 14.8 Å². The lowest BCUT2D eigenvalue weighted by atomic mass is 9.63. The van der Waals surface area contributed by atoms with E-state index < -0.39 is 0 Å². The van der Waals surface area contributed by atoms with Crippen LogP contribution in [0.1, 0.15) is 6.42 Å². The van der Waals surface area contributed by atoms with Gasteiger partial charge in [-0.15, -0.1) is 0 Å². The fraction of sp³-hybridized carbons (Fsp3) is 0.346. The molecule has 3 amide bonds. The first-order valence-electron chi connectivity index (χ1n) is 11.3. The van der Waals surface area contributed by atoms with Gasteiger partial charge in [-0.3, -0.25) is 19.3 Å². The second kappa shape index (κ2) is 7.47. The summed E-state index contributed by atoms with van der Waals surface area (Å²) < 4.78 is 10.9. The Labute approximate surface area is 191 Å². The maximum Gasteiger partial charge on any atom is 0.244 e. The summed E-state index contributed by atoms with van der Waals surface area (Å²) in [7, 11) is 1.61. The summed E-state index contributed by atoms with van der Waals surface area (Å²) in [6, 6.07) is 14.2. The van der Waals surface area contributed by atoms with Crippen molar-refractivity contribution >= 4 is 23.4 Å². The van der Waals surface area contributed by atoms with Gasteiger partial charge in [0.1, 0.15) is 23.8 Å². The Morgan fingerprint density at radius 1 is 0.879 bits per heavy atom. The minimum absolute atomic E-state index is 0.160. The van der Waals surface area contributed by atoms with Crippen LogP contribution in [0.5, 0.6) is 17.2 Å². The molecule has 7 heteroatoms. The molecule has 0 aromatic heterocycles. The molecule has 1 N–H and O–H groups in total. The molecule has 168 valence electrons. The zero-order valence-electron chi connectivity index (χ0n) is 18.1. The van der Waals surface area contributed by atoms with Gasteiger partial charge in [0.25, 0.3) is 0 Å². The maximum atomic E-state index is 13.0. The van der Waals surface area contributed by atoms with E-state index in [0.717, 1.165) is 12.2 Å². The van der Waals surface area contributed by atoms with E-state index in [9.17, 15) is 14.4 Å². The van der Waals surface area contributed by atoms with E-state index in [0.29, 0.717) is 29.0 Å². The van der Waals surface area contributed by atoms with E-state index in [2.05, 4.69) is 17.5 Å². The SMILES string of the molecule is COc1ccc(Oc2ccc(NC(=O)CN3C(=O)[C@H]4[C@@H]5C=C[C@@H]([C@H]6C[C@H]56)[C@@H]4C3=O)cc2)cc1. The van der Waals surface area contributed by atoms with Crippen molar-refractivity contribution in [3.63, 3.8) is 0 Å². The highest BCUT2D eigenvalue weighted by atomic mass is 16.5. The lowest BCUT2D eigenvalue weighted by Crippen LogP contribution is -2.40. The molecule has 7 nitrogen and oxygen atoms in total. The summed E-state index contributed by atoms with van der Waals surface area (Å²) in [5.41, 5.74) is 0.571. The van der Waals surface area contributed by atoms with E-state index in [1.165, 1.54) is 4.90 Å². The number of ether oxygens (including phenoxy) is 2. The summed E-state index contributed by atoms with van der Waals surface area (Å²) in [5, 5.41) is 2.78. The Bertz CT molecular complexity index is 1120. The first-order valence-corrected chi connectivity index (χ1v) is 11.3. The maximum absolute atomic E-state index is 13.0. The van der Waals surface area contributed by atoms with Gasteiger partial charge in [0.2, 0.25) is 17.7 Å². The number of methoxy groups -OCH3 is 1. The monoisotopic (exact) mass is 444 g/mol. The summed E-state index contributed by atoms with van der Waals surface area (Å²) >= 11 is 0. The number of nitrogens with zero attached hydrogens (tertiary/aromatic N) is 1. The van der Waals surface area contributed by atoms with Gasteiger partial charge in [0.05, 0.1) is 18.9 Å². The normalized spacial score (nSPS) is 30.6. The van der Waals surface area contributed by atoms with E-state index in [-0.39, 0.29) is 47.9 Å². The summed E-state index contributed by atoms with van der Waals surface area (Å²) in [5.74, 6) is 2.13. The largest absolute Gasteiger partial charge is 0.497 e. The molecular weight excluding hydrogens is 420 g/mol. The van der Waals surface area contributed by atoms with Crippen LogP contribution in [-0.4, -0.2) is 36.3 Å². The highest BCUT2D eigenvalue weighted by Gasteiger charge is 2.67. The van der Waals surface area contributed by atoms with Crippen LogP contribution in [-0.2, 0) is 14.4 Å². The third kappa shape index (κ3) is 3.30. The smallest absolute Gasteiger partial charge is 0.244 e. The molecule has 1 saturated heterocycles. The van der Waals surface area contributed by atoms with Crippen LogP contribution in [0, 0.1) is 35.5 Å². The van der Waals surface area contributed by atoms with Crippen molar-refractivity contribution in [2.45, 2.75) is 6.42 Å². The van der Waals surface area contributed by atoms with Gasteiger partial charge >= 0.3 is 0 Å². The molecule has 2 bridgehead atoms. The van der Waals surface area contributed by atoms with Crippen molar-refractivity contribution in [1.82, 2.24) is 4.90 Å². The van der Waals surface area contributed by atoms with Crippen molar-refractivity contribution in [2.75, 3.05) is 19.0 Å². The average molecular weight is 444 g/mol. The standard InChI is InChI=1S/C26H24N2O5/c1-32-15-6-8-17(9-7-15)33-16-4-2-14(3-5-16)27-22(29)13-28-25(30)23-18-10-11-19(21-12-20(18)21)24(23)26(28)31/h2-11,18-21,23-24H,12-13H2,1H3,(H,27,29)/t18-,19+,20-,21-,23+,24+/m1/s1. The molecule has 2 aromatic rings. The Morgan fingerprint density at radius 2 is 1.39 bits per heavy atom. The highest BCUT2D eigenvalue weighted by Crippen LogP contribution is 2.65. The van der Waals surface area contributed by atoms with Gasteiger partial charge in [-0.2, -0.15) is 0 Å². The molecule has 4 aliphatic carbocycles. The number of imide groups is 1. The molecule has 6 atom stereocenters. The van der Waals surface area contributed by atoms with Gasteiger partial charge in [0.15, 0.2) is 0 Å². The molecule has 33 heavy (non-hydrogen) atoms. The number of allylic oxidation sites excluding steroid dienone is 2. The molecule has 2 aromatic carbocycles. The molecule has 1 aliphatic heterocycles. The number of nitrogens with one attached hydrogen (secondary N) is 1. The third-order valence-electron chi connectivity index (χ3n) is 7.49. The average Bonchev–Trinajstić information content (AvgIpc) is 3.62. The van der Waals surface area contributed by atoms with Gasteiger partial charge in [0, 0.05) is 5.69 Å². The Hall–Kier alpha value is -3.61. The van der Waals surface area contributed by atoms with E-state index >= 15 is 0 Å². The second-order valence-electron chi connectivity index (χ2n) is 9.27. The van der Waals surface area contributed by atoms with E-state index in [1.807, 2.05) is 12.1 Å². The van der Waals surface area contributed by atoms with Crippen molar-refractivity contribution in [3.8, 4) is 17.2 Å². The number of carbonyl (C=O) groups excluding carboxylic acids is 3. The lowest BCUT2D eigenvalue weighted by Gasteiger charge is -2.37. The summed E-state index contributed by atoms with van der Waals surface area (Å²) in [4.78, 5) is 39.8. The molecule has 7 rings (SSSR count). The van der Waals surface area contributed by atoms with Gasteiger partial charge in [-0.25, -0.2) is 0 Å². The van der Waals surface area contributed by atoms with Crippen LogP contribution in [0.25, 0.3) is 0 Å². The van der Waals surface area contributed by atoms with Gasteiger partial charge in [-0.1, -0.05) is 12.2 Å². The number of hydrogen-bond donors (Lipinski definition) is 1. The Morgan fingerprint density at radius 3 is 1.94 bits per heavy atom. The lowest BCUT2D eigenvalue weighted by molar-refractivity contribution is -0.142. The van der Waals surface area contributed by atoms with E-state index in [4.69, 9.17) is 9.47 Å². The fourth-order valence-corrected chi connectivity index (χ4v) is 5.90. The molecule has 3 fully saturated rings. The number of benzene rings is 2. The zero-order chi connectivity index (χ0) is 22.7. The number of carbonyl (C=O) groups is 3. The van der Waals surface area contributed by atoms with Crippen molar-refractivity contribution < 1.29 is 23.9 Å². The predicted molar refractivity (Wildman–Crippen MR) is 120 cm³/mol. The first-order chi connectivity index (χ1) is 16.0. The summed E-state index contributed by atoms with van der Waals surface area (Å²) in [6.45, 7) is -0.246. The first kappa shape index (κ1) is 20.0. The van der Waals surface area contributed by atoms with Crippen LogP contribution in [0.4, 0.5) is 5.69 Å². The Kier molecular flexibility index (Phi) is 4.54. The number of anilines is 1. The van der Waals surface area contributed by atoms with Gasteiger partial charge in [-0.05, 0) is 78.6 Å². The van der Waals surface area contributed by atoms with Crippen molar-refractivity contribution in [3.05, 3.63) is 60.7 Å². The topological polar surface area (TPSA) is 84.9 Å². The van der Waals surface area contributed by atoms with E-state index in [1.54, 1.807) is 43.5 Å².